The Kier molecular flexibility index (Phi) is 5.07. The van der Waals surface area contributed by atoms with Gasteiger partial charge in [0.05, 0.1) is 12.1 Å². The van der Waals surface area contributed by atoms with Crippen molar-refractivity contribution in [3.63, 3.8) is 0 Å². The van der Waals surface area contributed by atoms with Crippen molar-refractivity contribution >= 4 is 6.09 Å². The smallest absolute Gasteiger partial charge is 0.410 e. The van der Waals surface area contributed by atoms with Gasteiger partial charge in [-0.1, -0.05) is 0 Å². The molecule has 18 heavy (non-hydrogen) atoms. The van der Waals surface area contributed by atoms with Gasteiger partial charge in [0.1, 0.15) is 5.60 Å². The number of likely N-dealkylation sites (tertiary alicyclic amines) is 1. The summed E-state index contributed by atoms with van der Waals surface area (Å²) in [7, 11) is 0. The summed E-state index contributed by atoms with van der Waals surface area (Å²) in [5.74, 6) is 0. The third kappa shape index (κ3) is 4.60. The van der Waals surface area contributed by atoms with Gasteiger partial charge in [-0.2, -0.15) is 5.11 Å². The Labute approximate surface area is 108 Å². The zero-order chi connectivity index (χ0) is 13.8. The van der Waals surface area contributed by atoms with Crippen molar-refractivity contribution in [1.82, 2.24) is 4.90 Å². The topological polar surface area (TPSA) is 86.0 Å². The number of carbonyl (C=O) groups excluding carboxylic acids is 1. The number of ether oxygens (including phenoxy) is 1. The van der Waals surface area contributed by atoms with Crippen molar-refractivity contribution < 1.29 is 14.6 Å². The summed E-state index contributed by atoms with van der Waals surface area (Å²) in [5.41, 5.74) is 6.54. The van der Waals surface area contributed by atoms with Crippen molar-refractivity contribution in [3.05, 3.63) is 0 Å². The van der Waals surface area contributed by atoms with Crippen LogP contribution in [0.5, 0.6) is 0 Å². The van der Waals surface area contributed by atoms with E-state index in [1.54, 1.807) is 4.90 Å². The van der Waals surface area contributed by atoms with Gasteiger partial charge in [0, 0.05) is 13.1 Å². The number of carbonyl (C=O) groups is 1. The van der Waals surface area contributed by atoms with Gasteiger partial charge in [-0.25, -0.2) is 10.3 Å². The van der Waals surface area contributed by atoms with Crippen LogP contribution >= 0.6 is 0 Å². The molecule has 1 aliphatic rings. The van der Waals surface area contributed by atoms with Crippen LogP contribution in [-0.4, -0.2) is 46.9 Å². The highest BCUT2D eigenvalue weighted by molar-refractivity contribution is 5.68. The van der Waals surface area contributed by atoms with E-state index in [4.69, 9.17) is 10.3 Å². The minimum Gasteiger partial charge on any atom is -0.444 e. The number of rotatable bonds is 1. The van der Waals surface area contributed by atoms with Crippen LogP contribution in [0, 0.1) is 5.53 Å². The molecule has 0 aromatic carbocycles. The molecule has 0 bridgehead atoms. The summed E-state index contributed by atoms with van der Waals surface area (Å²) in [4.78, 5) is 13.6. The van der Waals surface area contributed by atoms with Gasteiger partial charge in [-0.05, 0) is 40.0 Å². The minimum atomic E-state index is -0.566. The molecule has 1 saturated heterocycles. The van der Waals surface area contributed by atoms with E-state index < -0.39 is 17.7 Å². The molecule has 0 spiro atoms. The van der Waals surface area contributed by atoms with Crippen molar-refractivity contribution in [3.8, 4) is 0 Å². The number of amides is 1. The fraction of sp³-hybridized carbons (Fsp3) is 0.917. The number of aliphatic hydroxyl groups excluding tert-OH is 1. The molecule has 1 heterocycles. The highest BCUT2D eigenvalue weighted by Crippen LogP contribution is 2.17. The highest BCUT2D eigenvalue weighted by Gasteiger charge is 2.27. The Balaban J connectivity index is 2.57. The molecular weight excluding hydrogens is 234 g/mol. The number of hydrogen-bond donors (Lipinski definition) is 2. The Morgan fingerprint density at radius 2 is 2.06 bits per heavy atom. The molecule has 1 fully saturated rings. The van der Waals surface area contributed by atoms with Crippen LogP contribution in [0.1, 0.15) is 40.0 Å². The summed E-state index contributed by atoms with van der Waals surface area (Å²) >= 11 is 0. The molecule has 104 valence electrons. The number of nitrogens with zero attached hydrogens (tertiary/aromatic N) is 2. The third-order valence-electron chi connectivity index (χ3n) is 2.88. The maximum atomic E-state index is 11.9. The second kappa shape index (κ2) is 6.13. The van der Waals surface area contributed by atoms with E-state index in [9.17, 15) is 9.90 Å². The first-order chi connectivity index (χ1) is 8.33. The van der Waals surface area contributed by atoms with Gasteiger partial charge in [0.15, 0.2) is 0 Å². The second-order valence-corrected chi connectivity index (χ2v) is 5.66. The largest absolute Gasteiger partial charge is 0.444 e. The molecule has 1 rings (SSSR count). The molecule has 2 N–H and O–H groups in total. The maximum Gasteiger partial charge on any atom is 0.410 e. The Morgan fingerprint density at radius 1 is 1.39 bits per heavy atom. The quantitative estimate of drug-likeness (QED) is 0.706. The first-order valence-corrected chi connectivity index (χ1v) is 6.36. The monoisotopic (exact) mass is 257 g/mol. The maximum absolute atomic E-state index is 11.9. The molecule has 6 heteroatoms. The van der Waals surface area contributed by atoms with E-state index in [-0.39, 0.29) is 6.09 Å². The molecule has 0 saturated carbocycles. The molecule has 1 amide bonds. The van der Waals surface area contributed by atoms with Crippen LogP contribution in [-0.2, 0) is 4.74 Å². The Morgan fingerprint density at radius 3 is 2.61 bits per heavy atom. The molecule has 0 aliphatic carbocycles. The SMILES string of the molecule is CC(C)(C)OC(=O)N1CCCC(O)C(N=N)CC1. The van der Waals surface area contributed by atoms with E-state index >= 15 is 0 Å². The second-order valence-electron chi connectivity index (χ2n) is 5.66. The lowest BCUT2D eigenvalue weighted by Gasteiger charge is -2.31. The summed E-state index contributed by atoms with van der Waals surface area (Å²) in [5, 5.41) is 13.2. The first-order valence-electron chi connectivity index (χ1n) is 6.36. The van der Waals surface area contributed by atoms with Gasteiger partial charge < -0.3 is 14.7 Å². The summed E-state index contributed by atoms with van der Waals surface area (Å²) < 4.78 is 5.32. The molecular formula is C12H23N3O3. The summed E-state index contributed by atoms with van der Waals surface area (Å²) in [6.45, 7) is 6.55. The number of nitrogens with one attached hydrogen (secondary N) is 1. The fourth-order valence-electron chi connectivity index (χ4n) is 1.94. The fourth-order valence-corrected chi connectivity index (χ4v) is 1.94. The Hall–Kier alpha value is -1.17. The minimum absolute atomic E-state index is 0.331. The van der Waals surface area contributed by atoms with E-state index in [2.05, 4.69) is 5.11 Å². The van der Waals surface area contributed by atoms with Crippen LogP contribution in [0.3, 0.4) is 0 Å². The van der Waals surface area contributed by atoms with Crippen LogP contribution in [0.4, 0.5) is 4.79 Å². The van der Waals surface area contributed by atoms with Gasteiger partial charge in [0.2, 0.25) is 0 Å². The van der Waals surface area contributed by atoms with E-state index in [1.165, 1.54) is 0 Å². The number of hydrogen-bond acceptors (Lipinski definition) is 5. The Bertz CT molecular complexity index is 301. The molecule has 0 aromatic heterocycles. The van der Waals surface area contributed by atoms with Crippen molar-refractivity contribution in [2.75, 3.05) is 13.1 Å². The lowest BCUT2D eigenvalue weighted by Crippen LogP contribution is -2.42. The lowest BCUT2D eigenvalue weighted by atomic mass is 10.0. The van der Waals surface area contributed by atoms with Crippen LogP contribution in [0.2, 0.25) is 0 Å². The zero-order valence-electron chi connectivity index (χ0n) is 11.3. The highest BCUT2D eigenvalue weighted by atomic mass is 16.6. The van der Waals surface area contributed by atoms with E-state index in [0.717, 1.165) is 0 Å². The van der Waals surface area contributed by atoms with Crippen LogP contribution < -0.4 is 0 Å². The molecule has 0 radical (unpaired) electrons. The van der Waals surface area contributed by atoms with E-state index in [1.807, 2.05) is 20.8 Å². The van der Waals surface area contributed by atoms with Gasteiger partial charge in [0.25, 0.3) is 0 Å². The predicted octanol–water partition coefficient (Wildman–Crippen LogP) is 2.17. The molecule has 2 unspecified atom stereocenters. The molecule has 0 aromatic rings. The predicted molar refractivity (Wildman–Crippen MR) is 66.6 cm³/mol. The van der Waals surface area contributed by atoms with E-state index in [0.29, 0.717) is 32.4 Å². The standard InChI is InChI=1S/C12H23N3O3/c1-12(2,3)18-11(17)15-7-4-5-10(16)9(14-13)6-8-15/h9-10,13,16H,4-8H2,1-3H3. The first kappa shape index (κ1) is 14.9. The molecule has 2 atom stereocenters. The van der Waals surface area contributed by atoms with Crippen molar-refractivity contribution in [1.29, 1.82) is 5.53 Å². The third-order valence-corrected chi connectivity index (χ3v) is 2.88. The summed E-state index contributed by atoms with van der Waals surface area (Å²) in [6, 6.07) is -0.407. The van der Waals surface area contributed by atoms with Crippen LogP contribution in [0.15, 0.2) is 5.11 Å². The normalized spacial score (nSPS) is 26.1. The van der Waals surface area contributed by atoms with Crippen LogP contribution in [0.25, 0.3) is 0 Å². The van der Waals surface area contributed by atoms with Gasteiger partial charge >= 0.3 is 6.09 Å². The molecule has 6 nitrogen and oxygen atoms in total. The number of aliphatic hydroxyl groups is 1. The summed E-state index contributed by atoms with van der Waals surface area (Å²) in [6.07, 6.45) is 0.869. The lowest BCUT2D eigenvalue weighted by molar-refractivity contribution is 0.0186. The van der Waals surface area contributed by atoms with Gasteiger partial charge in [-0.15, -0.1) is 0 Å². The average Bonchev–Trinajstić information content (AvgIpc) is 2.21. The van der Waals surface area contributed by atoms with Gasteiger partial charge in [-0.3, -0.25) is 0 Å². The van der Waals surface area contributed by atoms with Crippen molar-refractivity contribution in [2.24, 2.45) is 5.11 Å². The average molecular weight is 257 g/mol. The van der Waals surface area contributed by atoms with Crippen molar-refractivity contribution in [2.45, 2.75) is 57.8 Å². The zero-order valence-corrected chi connectivity index (χ0v) is 11.3. The molecule has 1 aliphatic heterocycles.